The maximum atomic E-state index is 13.4. The second-order valence-electron chi connectivity index (χ2n) is 8.91. The summed E-state index contributed by atoms with van der Waals surface area (Å²) in [6.07, 6.45) is 7.19. The minimum atomic E-state index is -0.156. The lowest BCUT2D eigenvalue weighted by molar-refractivity contribution is 0.304. The van der Waals surface area contributed by atoms with E-state index < -0.39 is 0 Å². The van der Waals surface area contributed by atoms with Gasteiger partial charge in [0, 0.05) is 10.4 Å². The van der Waals surface area contributed by atoms with Crippen molar-refractivity contribution in [1.82, 2.24) is 9.66 Å². The molecule has 0 radical (unpaired) electrons. The summed E-state index contributed by atoms with van der Waals surface area (Å²) in [7, 11) is 0. The van der Waals surface area contributed by atoms with Gasteiger partial charge in [-0.25, -0.2) is 4.98 Å². The third kappa shape index (κ3) is 5.58. The van der Waals surface area contributed by atoms with Crippen LogP contribution in [0.3, 0.4) is 0 Å². The molecule has 0 spiro atoms. The first kappa shape index (κ1) is 25.2. The molecule has 0 atom stereocenters. The van der Waals surface area contributed by atoms with Crippen LogP contribution in [0.2, 0.25) is 5.02 Å². The van der Waals surface area contributed by atoms with Crippen LogP contribution >= 0.6 is 43.5 Å². The first-order valence-electron chi connectivity index (χ1n) is 11.9. The fourth-order valence-corrected chi connectivity index (χ4v) is 5.78. The number of rotatable bonds is 6. The summed E-state index contributed by atoms with van der Waals surface area (Å²) in [6.45, 7) is 0.391. The van der Waals surface area contributed by atoms with E-state index in [9.17, 15) is 4.79 Å². The highest BCUT2D eigenvalue weighted by molar-refractivity contribution is 9.10. The molecule has 3 aromatic carbocycles. The quantitative estimate of drug-likeness (QED) is 0.203. The zero-order chi connectivity index (χ0) is 25.1. The summed E-state index contributed by atoms with van der Waals surface area (Å²) in [5, 5.41) is 5.63. The van der Waals surface area contributed by atoms with E-state index in [0.29, 0.717) is 32.8 Å². The van der Waals surface area contributed by atoms with Crippen molar-refractivity contribution in [2.45, 2.75) is 44.6 Å². The summed E-state index contributed by atoms with van der Waals surface area (Å²) < 4.78 is 9.17. The normalized spacial score (nSPS) is 14.5. The summed E-state index contributed by atoms with van der Waals surface area (Å²) in [5.41, 5.74) is 2.34. The molecule has 184 valence electrons. The fraction of sp³-hybridized carbons (Fsp3) is 0.250. The highest BCUT2D eigenvalue weighted by Gasteiger charge is 2.22. The molecule has 1 heterocycles. The van der Waals surface area contributed by atoms with Crippen LogP contribution in [0.5, 0.6) is 5.75 Å². The summed E-state index contributed by atoms with van der Waals surface area (Å²) >= 11 is 13.6. The predicted molar refractivity (Wildman–Crippen MR) is 152 cm³/mol. The first-order chi connectivity index (χ1) is 17.5. The molecule has 1 fully saturated rings. The van der Waals surface area contributed by atoms with Crippen molar-refractivity contribution in [1.29, 1.82) is 0 Å². The number of ether oxygens (including phenoxy) is 1. The second kappa shape index (κ2) is 11.3. The standard InChI is InChI=1S/C28H24Br2ClN3O2/c29-21-12-10-18(11-13-21)17-36-26-23(30)14-19(15-24(26)31)16-32-34-27(20-6-2-1-3-7-20)33-25-9-5-4-8-22(25)28(34)35/h4-5,8-16,20H,1-3,6-7,17H2. The maximum Gasteiger partial charge on any atom is 0.282 e. The molecule has 1 aliphatic carbocycles. The van der Waals surface area contributed by atoms with Crippen LogP contribution in [0, 0.1) is 0 Å². The molecule has 5 nitrogen and oxygen atoms in total. The summed E-state index contributed by atoms with van der Waals surface area (Å²) in [6, 6.07) is 19.0. The number of aromatic nitrogens is 2. The zero-order valence-electron chi connectivity index (χ0n) is 19.5. The molecule has 5 rings (SSSR count). The number of fused-ring (bicyclic) bond motifs is 1. The Labute approximate surface area is 231 Å². The van der Waals surface area contributed by atoms with Gasteiger partial charge in [0.2, 0.25) is 0 Å². The highest BCUT2D eigenvalue weighted by atomic mass is 79.9. The molecule has 1 aliphatic rings. The average molecular weight is 630 g/mol. The fourth-order valence-electron chi connectivity index (χ4n) is 4.53. The van der Waals surface area contributed by atoms with Crippen LogP contribution in [-0.2, 0) is 6.61 Å². The van der Waals surface area contributed by atoms with Crippen LogP contribution in [0.1, 0.15) is 55.0 Å². The Hall–Kier alpha value is -2.48. The SMILES string of the molecule is O=c1c2ccccc2nc(C2CCCCC2)n1N=Cc1cc(Cl)c(OCc2ccc(Br)cc2)c(Br)c1. The molecular weight excluding hydrogens is 606 g/mol. The van der Waals surface area contributed by atoms with Crippen molar-refractivity contribution in [3.8, 4) is 5.75 Å². The predicted octanol–water partition coefficient (Wildman–Crippen LogP) is 8.08. The molecule has 1 saturated carbocycles. The van der Waals surface area contributed by atoms with Gasteiger partial charge in [0.05, 0.1) is 26.6 Å². The Balaban J connectivity index is 1.45. The Morgan fingerprint density at radius 3 is 2.56 bits per heavy atom. The monoisotopic (exact) mass is 627 g/mol. The van der Waals surface area contributed by atoms with Crippen molar-refractivity contribution in [2.75, 3.05) is 0 Å². The van der Waals surface area contributed by atoms with E-state index >= 15 is 0 Å². The molecule has 0 unspecified atom stereocenters. The number of benzene rings is 3. The molecular formula is C28H24Br2ClN3O2. The van der Waals surface area contributed by atoms with Crippen LogP contribution < -0.4 is 10.3 Å². The Morgan fingerprint density at radius 2 is 1.81 bits per heavy atom. The molecule has 1 aromatic heterocycles. The van der Waals surface area contributed by atoms with Crippen molar-refractivity contribution in [2.24, 2.45) is 5.10 Å². The van der Waals surface area contributed by atoms with Gasteiger partial charge in [-0.1, -0.05) is 71.1 Å². The number of hydrogen-bond acceptors (Lipinski definition) is 4. The van der Waals surface area contributed by atoms with Crippen LogP contribution in [0.15, 0.2) is 79.5 Å². The van der Waals surface area contributed by atoms with E-state index in [1.165, 1.54) is 11.1 Å². The molecule has 0 amide bonds. The number of para-hydroxylation sites is 1. The molecule has 0 aliphatic heterocycles. The van der Waals surface area contributed by atoms with Gasteiger partial charge in [-0.3, -0.25) is 4.79 Å². The van der Waals surface area contributed by atoms with Gasteiger partial charge in [-0.05, 0) is 76.3 Å². The van der Waals surface area contributed by atoms with Gasteiger partial charge >= 0.3 is 0 Å². The van der Waals surface area contributed by atoms with Gasteiger partial charge in [-0.2, -0.15) is 9.78 Å². The van der Waals surface area contributed by atoms with E-state index in [1.807, 2.05) is 48.5 Å². The second-order valence-corrected chi connectivity index (χ2v) is 11.1. The number of hydrogen-bond donors (Lipinski definition) is 0. The lowest BCUT2D eigenvalue weighted by atomic mass is 9.88. The van der Waals surface area contributed by atoms with E-state index in [4.69, 9.17) is 21.3 Å². The molecule has 36 heavy (non-hydrogen) atoms. The first-order valence-corrected chi connectivity index (χ1v) is 13.9. The van der Waals surface area contributed by atoms with Gasteiger partial charge in [-0.15, -0.1) is 0 Å². The van der Waals surface area contributed by atoms with E-state index in [2.05, 4.69) is 37.0 Å². The molecule has 0 bridgehead atoms. The maximum absolute atomic E-state index is 13.4. The molecule has 4 aromatic rings. The summed E-state index contributed by atoms with van der Waals surface area (Å²) in [4.78, 5) is 18.3. The van der Waals surface area contributed by atoms with Crippen molar-refractivity contribution >= 4 is 60.6 Å². The van der Waals surface area contributed by atoms with Crippen molar-refractivity contribution < 1.29 is 4.74 Å². The third-order valence-corrected chi connectivity index (χ3v) is 7.79. The Bertz CT molecular complexity index is 1460. The van der Waals surface area contributed by atoms with Gasteiger partial charge in [0.15, 0.2) is 5.75 Å². The van der Waals surface area contributed by atoms with E-state index in [1.54, 1.807) is 18.3 Å². The van der Waals surface area contributed by atoms with Crippen LogP contribution in [0.4, 0.5) is 0 Å². The van der Waals surface area contributed by atoms with Crippen LogP contribution in [0.25, 0.3) is 10.9 Å². The number of nitrogens with zero attached hydrogens (tertiary/aromatic N) is 3. The minimum Gasteiger partial charge on any atom is -0.486 e. The lowest BCUT2D eigenvalue weighted by Crippen LogP contribution is -2.25. The third-order valence-electron chi connectivity index (χ3n) is 6.39. The molecule has 0 N–H and O–H groups in total. The van der Waals surface area contributed by atoms with E-state index in [0.717, 1.165) is 47.1 Å². The van der Waals surface area contributed by atoms with Crippen LogP contribution in [-0.4, -0.2) is 15.9 Å². The van der Waals surface area contributed by atoms with E-state index in [-0.39, 0.29) is 11.5 Å². The van der Waals surface area contributed by atoms with Crippen molar-refractivity contribution in [3.05, 3.63) is 102 Å². The molecule has 8 heteroatoms. The molecule has 0 saturated heterocycles. The Morgan fingerprint density at radius 1 is 1.06 bits per heavy atom. The largest absolute Gasteiger partial charge is 0.486 e. The van der Waals surface area contributed by atoms with Gasteiger partial charge in [0.25, 0.3) is 5.56 Å². The Kier molecular flexibility index (Phi) is 7.89. The minimum absolute atomic E-state index is 0.156. The van der Waals surface area contributed by atoms with Gasteiger partial charge in [0.1, 0.15) is 12.4 Å². The van der Waals surface area contributed by atoms with Crippen molar-refractivity contribution in [3.63, 3.8) is 0 Å². The number of halogens is 3. The zero-order valence-corrected chi connectivity index (χ0v) is 23.4. The highest BCUT2D eigenvalue weighted by Crippen LogP contribution is 2.35. The smallest absolute Gasteiger partial charge is 0.282 e. The topological polar surface area (TPSA) is 56.5 Å². The lowest BCUT2D eigenvalue weighted by Gasteiger charge is -2.22. The summed E-state index contributed by atoms with van der Waals surface area (Å²) in [5.74, 6) is 1.51. The van der Waals surface area contributed by atoms with Gasteiger partial charge < -0.3 is 4.74 Å². The average Bonchev–Trinajstić information content (AvgIpc) is 2.89.